The fourth-order valence-electron chi connectivity index (χ4n) is 1.76. The second-order valence-corrected chi connectivity index (χ2v) is 4.28. The first kappa shape index (κ1) is 15.6. The Morgan fingerprint density at radius 1 is 1.26 bits per heavy atom. The van der Waals surface area contributed by atoms with Gasteiger partial charge in [-0.1, -0.05) is 0 Å². The van der Waals surface area contributed by atoms with E-state index in [1.165, 1.54) is 6.07 Å². The number of hydrogen-bond donors (Lipinski definition) is 2. The molecule has 3 N–H and O–H groups in total. The fourth-order valence-corrected chi connectivity index (χ4v) is 1.76. The van der Waals surface area contributed by atoms with Gasteiger partial charge in [-0.25, -0.2) is 4.39 Å². The topological polar surface area (TPSA) is 56.5 Å². The van der Waals surface area contributed by atoms with Crippen LogP contribution in [-0.2, 0) is 4.74 Å². The maximum atomic E-state index is 13.5. The van der Waals surface area contributed by atoms with Crippen molar-refractivity contribution in [3.63, 3.8) is 0 Å². The summed E-state index contributed by atoms with van der Waals surface area (Å²) in [5.41, 5.74) is 6.89. The van der Waals surface area contributed by atoms with Gasteiger partial charge in [-0.3, -0.25) is 0 Å². The van der Waals surface area contributed by atoms with Gasteiger partial charge >= 0.3 is 0 Å². The quantitative estimate of drug-likeness (QED) is 0.535. The van der Waals surface area contributed by atoms with Crippen LogP contribution in [0.1, 0.15) is 26.2 Å². The molecule has 0 aliphatic heterocycles. The molecular formula is C14H23FN2O2. The normalized spacial score (nSPS) is 10.5. The molecule has 0 fully saturated rings. The molecule has 0 heterocycles. The number of nitrogen functional groups attached to an aromatic ring is 1. The van der Waals surface area contributed by atoms with Crippen LogP contribution >= 0.6 is 0 Å². The summed E-state index contributed by atoms with van der Waals surface area (Å²) in [6.45, 7) is 3.83. The number of rotatable bonds is 9. The number of nitrogens with one attached hydrogen (secondary N) is 1. The molecule has 0 saturated carbocycles. The zero-order valence-electron chi connectivity index (χ0n) is 11.7. The molecule has 5 heteroatoms. The number of ether oxygens (including phenoxy) is 2. The lowest BCUT2D eigenvalue weighted by Crippen LogP contribution is -2.06. The molecule has 108 valence electrons. The van der Waals surface area contributed by atoms with E-state index in [4.69, 9.17) is 15.2 Å². The van der Waals surface area contributed by atoms with Crippen molar-refractivity contribution in [2.45, 2.75) is 26.2 Å². The highest BCUT2D eigenvalue weighted by molar-refractivity contribution is 5.68. The van der Waals surface area contributed by atoms with Crippen molar-refractivity contribution in [2.75, 3.05) is 37.9 Å². The van der Waals surface area contributed by atoms with Crippen LogP contribution in [0.4, 0.5) is 15.8 Å². The van der Waals surface area contributed by atoms with Crippen LogP contribution in [0.25, 0.3) is 0 Å². The van der Waals surface area contributed by atoms with Gasteiger partial charge < -0.3 is 20.5 Å². The zero-order chi connectivity index (χ0) is 14.1. The smallest absolute Gasteiger partial charge is 0.167 e. The summed E-state index contributed by atoms with van der Waals surface area (Å²) in [5, 5.41) is 3.20. The number of anilines is 2. The van der Waals surface area contributed by atoms with Crippen LogP contribution in [-0.4, -0.2) is 26.9 Å². The van der Waals surface area contributed by atoms with Gasteiger partial charge in [-0.2, -0.15) is 0 Å². The standard InChI is InChI=1S/C14H23FN2O2/c1-3-19-14-10-13(12(16)9-11(14)15)17-7-5-4-6-8-18-2/h9-10,17H,3-8,16H2,1-2H3. The van der Waals surface area contributed by atoms with Crippen molar-refractivity contribution in [3.8, 4) is 5.75 Å². The van der Waals surface area contributed by atoms with Gasteiger partial charge in [-0.15, -0.1) is 0 Å². The highest BCUT2D eigenvalue weighted by Crippen LogP contribution is 2.28. The van der Waals surface area contributed by atoms with Crippen LogP contribution in [0, 0.1) is 5.82 Å². The largest absolute Gasteiger partial charge is 0.491 e. The third-order valence-electron chi connectivity index (χ3n) is 2.74. The van der Waals surface area contributed by atoms with Gasteiger partial charge in [-0.05, 0) is 26.2 Å². The van der Waals surface area contributed by atoms with E-state index in [2.05, 4.69) is 5.32 Å². The Balaban J connectivity index is 2.46. The first-order valence-corrected chi connectivity index (χ1v) is 6.63. The van der Waals surface area contributed by atoms with Gasteiger partial charge in [0.2, 0.25) is 0 Å². The van der Waals surface area contributed by atoms with Crippen LogP contribution in [0.15, 0.2) is 12.1 Å². The molecule has 1 aromatic rings. The molecule has 1 aromatic carbocycles. The molecule has 1 rings (SSSR count). The van der Waals surface area contributed by atoms with Crippen molar-refractivity contribution in [1.82, 2.24) is 0 Å². The summed E-state index contributed by atoms with van der Waals surface area (Å²) in [6.07, 6.45) is 3.14. The average molecular weight is 270 g/mol. The molecule has 0 atom stereocenters. The number of unbranched alkanes of at least 4 members (excludes halogenated alkanes) is 2. The van der Waals surface area contributed by atoms with Gasteiger partial charge in [0, 0.05) is 32.4 Å². The Hall–Kier alpha value is -1.49. The number of benzene rings is 1. The van der Waals surface area contributed by atoms with E-state index in [9.17, 15) is 4.39 Å². The van der Waals surface area contributed by atoms with E-state index >= 15 is 0 Å². The maximum Gasteiger partial charge on any atom is 0.167 e. The monoisotopic (exact) mass is 270 g/mol. The van der Waals surface area contributed by atoms with Gasteiger partial charge in [0.25, 0.3) is 0 Å². The summed E-state index contributed by atoms with van der Waals surface area (Å²) in [5.74, 6) is -0.191. The first-order chi connectivity index (χ1) is 9.19. The summed E-state index contributed by atoms with van der Waals surface area (Å²) < 4.78 is 23.7. The summed E-state index contributed by atoms with van der Waals surface area (Å²) >= 11 is 0. The number of methoxy groups -OCH3 is 1. The van der Waals surface area contributed by atoms with Crippen LogP contribution < -0.4 is 15.8 Å². The van der Waals surface area contributed by atoms with Crippen LogP contribution in [0.5, 0.6) is 5.75 Å². The number of hydrogen-bond acceptors (Lipinski definition) is 4. The Morgan fingerprint density at radius 3 is 2.74 bits per heavy atom. The highest BCUT2D eigenvalue weighted by atomic mass is 19.1. The molecule has 19 heavy (non-hydrogen) atoms. The van der Waals surface area contributed by atoms with E-state index in [0.29, 0.717) is 12.3 Å². The van der Waals surface area contributed by atoms with Crippen molar-refractivity contribution in [2.24, 2.45) is 0 Å². The molecule has 0 radical (unpaired) electrons. The third kappa shape index (κ3) is 5.34. The lowest BCUT2D eigenvalue weighted by Gasteiger charge is -2.12. The molecule has 0 spiro atoms. The lowest BCUT2D eigenvalue weighted by atomic mass is 10.2. The Kier molecular flexibility index (Phi) is 7.03. The molecule has 0 bridgehead atoms. The van der Waals surface area contributed by atoms with E-state index in [-0.39, 0.29) is 5.75 Å². The second kappa shape index (κ2) is 8.58. The molecule has 0 unspecified atom stereocenters. The van der Waals surface area contributed by atoms with Crippen molar-refractivity contribution in [1.29, 1.82) is 0 Å². The van der Waals surface area contributed by atoms with Crippen LogP contribution in [0.2, 0.25) is 0 Å². The van der Waals surface area contributed by atoms with Crippen LogP contribution in [0.3, 0.4) is 0 Å². The molecule has 0 aromatic heterocycles. The predicted octanol–water partition coefficient (Wildman–Crippen LogP) is 3.04. The summed E-state index contributed by atoms with van der Waals surface area (Å²) in [7, 11) is 1.70. The predicted molar refractivity (Wildman–Crippen MR) is 76.2 cm³/mol. The fraction of sp³-hybridized carbons (Fsp3) is 0.571. The van der Waals surface area contributed by atoms with E-state index in [1.54, 1.807) is 13.2 Å². The molecule has 4 nitrogen and oxygen atoms in total. The van der Waals surface area contributed by atoms with E-state index in [1.807, 2.05) is 6.92 Å². The molecule has 0 saturated heterocycles. The zero-order valence-corrected chi connectivity index (χ0v) is 11.7. The van der Waals surface area contributed by atoms with Crippen molar-refractivity contribution < 1.29 is 13.9 Å². The maximum absolute atomic E-state index is 13.5. The second-order valence-electron chi connectivity index (χ2n) is 4.28. The average Bonchev–Trinajstić information content (AvgIpc) is 2.38. The number of halogens is 1. The van der Waals surface area contributed by atoms with Gasteiger partial charge in [0.15, 0.2) is 11.6 Å². The minimum Gasteiger partial charge on any atom is -0.491 e. The van der Waals surface area contributed by atoms with Gasteiger partial charge in [0.1, 0.15) is 0 Å². The minimum absolute atomic E-state index is 0.235. The van der Waals surface area contributed by atoms with Crippen molar-refractivity contribution in [3.05, 3.63) is 17.9 Å². The Bertz CT molecular complexity index is 386. The third-order valence-corrected chi connectivity index (χ3v) is 2.74. The minimum atomic E-state index is -0.426. The summed E-state index contributed by atoms with van der Waals surface area (Å²) in [6, 6.07) is 2.90. The Morgan fingerprint density at radius 2 is 2.05 bits per heavy atom. The molecule has 0 aliphatic carbocycles. The Labute approximate surface area is 114 Å². The first-order valence-electron chi connectivity index (χ1n) is 6.63. The molecular weight excluding hydrogens is 247 g/mol. The lowest BCUT2D eigenvalue weighted by molar-refractivity contribution is 0.192. The van der Waals surface area contributed by atoms with E-state index in [0.717, 1.165) is 38.1 Å². The summed E-state index contributed by atoms with van der Waals surface area (Å²) in [4.78, 5) is 0. The number of nitrogens with two attached hydrogens (primary N) is 1. The van der Waals surface area contributed by atoms with Crippen molar-refractivity contribution >= 4 is 11.4 Å². The highest BCUT2D eigenvalue weighted by Gasteiger charge is 2.08. The van der Waals surface area contributed by atoms with E-state index < -0.39 is 5.82 Å². The molecule has 0 aliphatic rings. The SMILES string of the molecule is CCOc1cc(NCCCCCOC)c(N)cc1F. The molecule has 0 amide bonds. The van der Waals surface area contributed by atoms with Gasteiger partial charge in [0.05, 0.1) is 18.0 Å².